The molecule has 0 aromatic heterocycles. The van der Waals surface area contributed by atoms with Crippen molar-refractivity contribution >= 4 is 0 Å². The summed E-state index contributed by atoms with van der Waals surface area (Å²) in [6, 6.07) is 8.23. The lowest BCUT2D eigenvalue weighted by Crippen LogP contribution is -2.18. The van der Waals surface area contributed by atoms with Crippen LogP contribution in [-0.4, -0.2) is 13.7 Å². The maximum atomic E-state index is 5.86. The van der Waals surface area contributed by atoms with E-state index in [1.54, 1.807) is 7.11 Å². The largest absolute Gasteiger partial charge is 0.496 e. The lowest BCUT2D eigenvalue weighted by atomic mass is 9.91. The number of hydrogen-bond acceptors (Lipinski definition) is 2. The van der Waals surface area contributed by atoms with Crippen LogP contribution in [0, 0.1) is 11.8 Å². The Balaban J connectivity index is 2.60. The first-order valence-corrected chi connectivity index (χ1v) is 6.49. The summed E-state index contributed by atoms with van der Waals surface area (Å²) in [6.07, 6.45) is 3.47. The van der Waals surface area contributed by atoms with Crippen LogP contribution in [0.15, 0.2) is 24.3 Å². The molecule has 0 aliphatic carbocycles. The standard InChI is InChI=1S/C15H25NO/c1-12(2)8-9-13(11-16)10-14-6-4-5-7-15(14)17-3/h4-7,12-13H,8-11,16H2,1-3H3. The summed E-state index contributed by atoms with van der Waals surface area (Å²) in [5.74, 6) is 2.30. The summed E-state index contributed by atoms with van der Waals surface area (Å²) >= 11 is 0. The van der Waals surface area contributed by atoms with Crippen molar-refractivity contribution in [2.24, 2.45) is 17.6 Å². The second-order valence-corrected chi connectivity index (χ2v) is 5.09. The molecule has 2 heteroatoms. The average molecular weight is 235 g/mol. The fourth-order valence-electron chi connectivity index (χ4n) is 2.05. The van der Waals surface area contributed by atoms with Crippen molar-refractivity contribution in [2.75, 3.05) is 13.7 Å². The Bertz CT molecular complexity index is 322. The number of methoxy groups -OCH3 is 1. The molecule has 1 unspecified atom stereocenters. The lowest BCUT2D eigenvalue weighted by Gasteiger charge is -2.17. The number of para-hydroxylation sites is 1. The third kappa shape index (κ3) is 4.78. The topological polar surface area (TPSA) is 35.2 Å². The molecule has 0 fully saturated rings. The van der Waals surface area contributed by atoms with Gasteiger partial charge in [0, 0.05) is 0 Å². The Morgan fingerprint density at radius 3 is 2.47 bits per heavy atom. The number of ether oxygens (including phenoxy) is 1. The van der Waals surface area contributed by atoms with Gasteiger partial charge in [0.1, 0.15) is 5.75 Å². The lowest BCUT2D eigenvalue weighted by molar-refractivity contribution is 0.393. The third-order valence-corrected chi connectivity index (χ3v) is 3.19. The molecule has 2 N–H and O–H groups in total. The fourth-order valence-corrected chi connectivity index (χ4v) is 2.05. The maximum Gasteiger partial charge on any atom is 0.122 e. The van der Waals surface area contributed by atoms with Gasteiger partial charge in [0.05, 0.1) is 7.11 Å². The molecule has 0 saturated heterocycles. The van der Waals surface area contributed by atoms with Crippen LogP contribution in [0.3, 0.4) is 0 Å². The first-order valence-electron chi connectivity index (χ1n) is 6.49. The van der Waals surface area contributed by atoms with Gasteiger partial charge in [-0.2, -0.15) is 0 Å². The Labute approximate surface area is 105 Å². The van der Waals surface area contributed by atoms with Crippen molar-refractivity contribution < 1.29 is 4.74 Å². The Morgan fingerprint density at radius 1 is 1.18 bits per heavy atom. The summed E-state index contributed by atoms with van der Waals surface area (Å²) in [6.45, 7) is 5.28. The van der Waals surface area contributed by atoms with Crippen LogP contribution >= 0.6 is 0 Å². The SMILES string of the molecule is COc1ccccc1CC(CN)CCC(C)C. The summed E-state index contributed by atoms with van der Waals surface area (Å²) in [4.78, 5) is 0. The molecule has 0 radical (unpaired) electrons. The summed E-state index contributed by atoms with van der Waals surface area (Å²) < 4.78 is 5.38. The van der Waals surface area contributed by atoms with Crippen LogP contribution < -0.4 is 10.5 Å². The minimum Gasteiger partial charge on any atom is -0.496 e. The highest BCUT2D eigenvalue weighted by molar-refractivity contribution is 5.33. The molecule has 96 valence electrons. The molecular formula is C15H25NO. The zero-order valence-corrected chi connectivity index (χ0v) is 11.3. The molecule has 0 aliphatic rings. The molecule has 1 rings (SSSR count). The van der Waals surface area contributed by atoms with Crippen molar-refractivity contribution in [2.45, 2.75) is 33.1 Å². The van der Waals surface area contributed by atoms with Crippen LogP contribution in [0.1, 0.15) is 32.3 Å². The summed E-state index contributed by atoms with van der Waals surface area (Å²) in [5.41, 5.74) is 7.13. The van der Waals surface area contributed by atoms with Gasteiger partial charge in [-0.15, -0.1) is 0 Å². The third-order valence-electron chi connectivity index (χ3n) is 3.19. The predicted octanol–water partition coefficient (Wildman–Crippen LogP) is 3.25. The first-order chi connectivity index (χ1) is 8.17. The highest BCUT2D eigenvalue weighted by Crippen LogP contribution is 2.23. The highest BCUT2D eigenvalue weighted by atomic mass is 16.5. The molecule has 1 aromatic carbocycles. The second kappa shape index (κ2) is 7.33. The molecule has 0 heterocycles. The fraction of sp³-hybridized carbons (Fsp3) is 0.600. The van der Waals surface area contributed by atoms with Gasteiger partial charge in [0.15, 0.2) is 0 Å². The molecule has 0 amide bonds. The molecule has 0 bridgehead atoms. The zero-order chi connectivity index (χ0) is 12.7. The van der Waals surface area contributed by atoms with Gasteiger partial charge in [-0.1, -0.05) is 38.5 Å². The molecule has 2 nitrogen and oxygen atoms in total. The van der Waals surface area contributed by atoms with Gasteiger partial charge in [0.25, 0.3) is 0 Å². The second-order valence-electron chi connectivity index (χ2n) is 5.09. The summed E-state index contributed by atoms with van der Waals surface area (Å²) in [5, 5.41) is 0. The summed E-state index contributed by atoms with van der Waals surface area (Å²) in [7, 11) is 1.73. The zero-order valence-electron chi connectivity index (χ0n) is 11.3. The van der Waals surface area contributed by atoms with E-state index in [4.69, 9.17) is 10.5 Å². The Kier molecular flexibility index (Phi) is 6.06. The van der Waals surface area contributed by atoms with Gasteiger partial charge in [-0.25, -0.2) is 0 Å². The van der Waals surface area contributed by atoms with Crippen LogP contribution in [0.2, 0.25) is 0 Å². The van der Waals surface area contributed by atoms with E-state index in [-0.39, 0.29) is 0 Å². The molecule has 0 aliphatic heterocycles. The van der Waals surface area contributed by atoms with E-state index in [0.717, 1.165) is 24.6 Å². The highest BCUT2D eigenvalue weighted by Gasteiger charge is 2.11. The van der Waals surface area contributed by atoms with Crippen LogP contribution in [0.25, 0.3) is 0 Å². The number of nitrogens with two attached hydrogens (primary N) is 1. The van der Waals surface area contributed by atoms with E-state index in [1.807, 2.05) is 12.1 Å². The van der Waals surface area contributed by atoms with Crippen molar-refractivity contribution in [3.8, 4) is 5.75 Å². The normalized spacial score (nSPS) is 12.8. The van der Waals surface area contributed by atoms with Crippen LogP contribution in [0.5, 0.6) is 5.75 Å². The molecule has 1 aromatic rings. The monoisotopic (exact) mass is 235 g/mol. The minimum atomic E-state index is 0.564. The van der Waals surface area contributed by atoms with Crippen molar-refractivity contribution in [3.05, 3.63) is 29.8 Å². The molecule has 17 heavy (non-hydrogen) atoms. The molecule has 1 atom stereocenters. The van der Waals surface area contributed by atoms with Gasteiger partial charge in [0.2, 0.25) is 0 Å². The van der Waals surface area contributed by atoms with E-state index < -0.39 is 0 Å². The van der Waals surface area contributed by atoms with E-state index in [9.17, 15) is 0 Å². The molecule has 0 spiro atoms. The van der Waals surface area contributed by atoms with Crippen molar-refractivity contribution in [3.63, 3.8) is 0 Å². The quantitative estimate of drug-likeness (QED) is 0.787. The maximum absolute atomic E-state index is 5.86. The van der Waals surface area contributed by atoms with Gasteiger partial charge in [-0.3, -0.25) is 0 Å². The van der Waals surface area contributed by atoms with Gasteiger partial charge < -0.3 is 10.5 Å². The van der Waals surface area contributed by atoms with Crippen LogP contribution in [-0.2, 0) is 6.42 Å². The Morgan fingerprint density at radius 2 is 1.88 bits per heavy atom. The number of hydrogen-bond donors (Lipinski definition) is 1. The van der Waals surface area contributed by atoms with E-state index in [2.05, 4.69) is 26.0 Å². The van der Waals surface area contributed by atoms with Crippen molar-refractivity contribution in [1.29, 1.82) is 0 Å². The molecular weight excluding hydrogens is 210 g/mol. The number of rotatable bonds is 7. The molecule has 0 saturated carbocycles. The van der Waals surface area contributed by atoms with E-state index >= 15 is 0 Å². The van der Waals surface area contributed by atoms with E-state index in [1.165, 1.54) is 18.4 Å². The minimum absolute atomic E-state index is 0.564. The predicted molar refractivity (Wildman–Crippen MR) is 73.3 cm³/mol. The first kappa shape index (κ1) is 14.0. The Hall–Kier alpha value is -1.02. The average Bonchev–Trinajstić information content (AvgIpc) is 2.34. The van der Waals surface area contributed by atoms with Crippen LogP contribution in [0.4, 0.5) is 0 Å². The van der Waals surface area contributed by atoms with Gasteiger partial charge in [-0.05, 0) is 42.9 Å². The number of benzene rings is 1. The smallest absolute Gasteiger partial charge is 0.122 e. The van der Waals surface area contributed by atoms with E-state index in [0.29, 0.717) is 5.92 Å². The van der Waals surface area contributed by atoms with Crippen molar-refractivity contribution in [1.82, 2.24) is 0 Å². The van der Waals surface area contributed by atoms with Gasteiger partial charge >= 0.3 is 0 Å².